The minimum Gasteiger partial charge on any atom is -0.388 e. The lowest BCUT2D eigenvalue weighted by atomic mass is 9.98. The number of amides is 1. The van der Waals surface area contributed by atoms with Crippen LogP contribution in [-0.2, 0) is 0 Å². The average molecular weight is 254 g/mol. The number of H-pyrrole nitrogens is 1. The maximum Gasteiger partial charge on any atom is 0.291 e. The lowest BCUT2D eigenvalue weighted by Crippen LogP contribution is -2.42. The van der Waals surface area contributed by atoms with E-state index in [0.717, 1.165) is 0 Å². The van der Waals surface area contributed by atoms with Gasteiger partial charge in [-0.25, -0.2) is 4.98 Å². The van der Waals surface area contributed by atoms with Gasteiger partial charge >= 0.3 is 0 Å². The fourth-order valence-electron chi connectivity index (χ4n) is 1.46. The number of rotatable bonds is 6. The van der Waals surface area contributed by atoms with Crippen LogP contribution in [0.4, 0.5) is 0 Å². The van der Waals surface area contributed by atoms with Gasteiger partial charge in [0.2, 0.25) is 5.82 Å². The van der Waals surface area contributed by atoms with E-state index in [1.54, 1.807) is 0 Å². The molecule has 1 heterocycles. The Morgan fingerprint density at radius 2 is 2.06 bits per heavy atom. The summed E-state index contributed by atoms with van der Waals surface area (Å²) < 4.78 is 0. The van der Waals surface area contributed by atoms with E-state index in [1.165, 1.54) is 0 Å². The first-order valence-electron chi connectivity index (χ1n) is 6.34. The Bertz CT molecular complexity index is 397. The van der Waals surface area contributed by atoms with E-state index in [4.69, 9.17) is 0 Å². The van der Waals surface area contributed by atoms with Crippen molar-refractivity contribution in [2.45, 2.75) is 52.1 Å². The first-order chi connectivity index (χ1) is 8.41. The van der Waals surface area contributed by atoms with E-state index < -0.39 is 5.60 Å². The van der Waals surface area contributed by atoms with Gasteiger partial charge in [0, 0.05) is 12.5 Å². The van der Waals surface area contributed by atoms with Crippen molar-refractivity contribution >= 4 is 5.91 Å². The second-order valence-electron chi connectivity index (χ2n) is 4.81. The molecule has 0 aliphatic carbocycles. The zero-order chi connectivity index (χ0) is 13.8. The molecular weight excluding hydrogens is 232 g/mol. The van der Waals surface area contributed by atoms with Crippen molar-refractivity contribution in [3.63, 3.8) is 0 Å². The SMILES string of the molecule is CCC(O)(CC)CNC(=O)c1n[nH]c(C(C)C)n1. The van der Waals surface area contributed by atoms with Crippen molar-refractivity contribution in [2.75, 3.05) is 6.54 Å². The molecular formula is C12H22N4O2. The van der Waals surface area contributed by atoms with Gasteiger partial charge in [0.15, 0.2) is 0 Å². The third kappa shape index (κ3) is 3.53. The van der Waals surface area contributed by atoms with Gasteiger partial charge in [-0.05, 0) is 12.8 Å². The minimum absolute atomic E-state index is 0.119. The van der Waals surface area contributed by atoms with Crippen molar-refractivity contribution in [1.82, 2.24) is 20.5 Å². The molecule has 0 fully saturated rings. The Morgan fingerprint density at radius 1 is 1.44 bits per heavy atom. The van der Waals surface area contributed by atoms with Crippen LogP contribution in [0.3, 0.4) is 0 Å². The Balaban J connectivity index is 2.60. The summed E-state index contributed by atoms with van der Waals surface area (Å²) in [6.45, 7) is 7.92. The van der Waals surface area contributed by atoms with E-state index in [0.29, 0.717) is 18.7 Å². The standard InChI is InChI=1S/C12H22N4O2/c1-5-12(18,6-2)7-13-11(17)10-14-9(8(3)4)15-16-10/h8,18H,5-7H2,1-4H3,(H,13,17)(H,14,15,16). The van der Waals surface area contributed by atoms with Gasteiger partial charge in [0.05, 0.1) is 5.60 Å². The molecule has 0 saturated heterocycles. The average Bonchev–Trinajstić information content (AvgIpc) is 2.85. The van der Waals surface area contributed by atoms with E-state index in [9.17, 15) is 9.90 Å². The number of aromatic nitrogens is 3. The van der Waals surface area contributed by atoms with Crippen LogP contribution in [0, 0.1) is 0 Å². The number of nitrogens with zero attached hydrogens (tertiary/aromatic N) is 2. The first-order valence-corrected chi connectivity index (χ1v) is 6.34. The fourth-order valence-corrected chi connectivity index (χ4v) is 1.46. The molecule has 0 unspecified atom stereocenters. The quantitative estimate of drug-likeness (QED) is 0.711. The second-order valence-corrected chi connectivity index (χ2v) is 4.81. The van der Waals surface area contributed by atoms with Crippen molar-refractivity contribution in [3.8, 4) is 0 Å². The monoisotopic (exact) mass is 254 g/mol. The maximum atomic E-state index is 11.8. The summed E-state index contributed by atoms with van der Waals surface area (Å²) in [5.74, 6) is 0.635. The lowest BCUT2D eigenvalue weighted by molar-refractivity contribution is 0.0312. The van der Waals surface area contributed by atoms with Crippen LogP contribution in [-0.4, -0.2) is 38.3 Å². The Hall–Kier alpha value is -1.43. The summed E-state index contributed by atoms with van der Waals surface area (Å²) in [6.07, 6.45) is 1.18. The van der Waals surface area contributed by atoms with Gasteiger partial charge in [-0.1, -0.05) is 27.7 Å². The summed E-state index contributed by atoms with van der Waals surface area (Å²) in [4.78, 5) is 15.9. The smallest absolute Gasteiger partial charge is 0.291 e. The number of hydrogen-bond acceptors (Lipinski definition) is 4. The van der Waals surface area contributed by atoms with E-state index in [1.807, 2.05) is 27.7 Å². The van der Waals surface area contributed by atoms with Gasteiger partial charge in [0.25, 0.3) is 5.91 Å². The highest BCUT2D eigenvalue weighted by atomic mass is 16.3. The molecule has 1 aromatic heterocycles. The third-order valence-corrected chi connectivity index (χ3v) is 3.15. The molecule has 102 valence electrons. The molecule has 0 aromatic carbocycles. The summed E-state index contributed by atoms with van der Waals surface area (Å²) in [5, 5.41) is 19.3. The van der Waals surface area contributed by atoms with Gasteiger partial charge in [-0.3, -0.25) is 9.89 Å². The van der Waals surface area contributed by atoms with E-state index >= 15 is 0 Å². The maximum absolute atomic E-state index is 11.8. The Morgan fingerprint density at radius 3 is 2.50 bits per heavy atom. The third-order valence-electron chi connectivity index (χ3n) is 3.15. The highest BCUT2D eigenvalue weighted by Gasteiger charge is 2.24. The lowest BCUT2D eigenvalue weighted by Gasteiger charge is -2.24. The molecule has 0 aliphatic rings. The van der Waals surface area contributed by atoms with Gasteiger partial charge in [-0.15, -0.1) is 5.10 Å². The summed E-state index contributed by atoms with van der Waals surface area (Å²) in [6, 6.07) is 0. The normalized spacial score (nSPS) is 11.9. The number of carbonyl (C=O) groups excluding carboxylic acids is 1. The van der Waals surface area contributed by atoms with Crippen LogP contribution in [0.15, 0.2) is 0 Å². The van der Waals surface area contributed by atoms with Crippen LogP contribution in [0.25, 0.3) is 0 Å². The van der Waals surface area contributed by atoms with Crippen LogP contribution in [0.1, 0.15) is 62.9 Å². The van der Waals surface area contributed by atoms with Gasteiger partial charge in [-0.2, -0.15) is 0 Å². The predicted octanol–water partition coefficient (Wildman–Crippen LogP) is 1.21. The summed E-state index contributed by atoms with van der Waals surface area (Å²) >= 11 is 0. The number of aliphatic hydroxyl groups is 1. The molecule has 0 spiro atoms. The van der Waals surface area contributed by atoms with Crippen LogP contribution >= 0.6 is 0 Å². The van der Waals surface area contributed by atoms with Crippen molar-refractivity contribution < 1.29 is 9.90 Å². The molecule has 0 radical (unpaired) electrons. The molecule has 1 rings (SSSR count). The summed E-state index contributed by atoms with van der Waals surface area (Å²) in [5.41, 5.74) is -0.854. The molecule has 0 saturated carbocycles. The number of nitrogens with one attached hydrogen (secondary N) is 2. The largest absolute Gasteiger partial charge is 0.388 e. The molecule has 0 atom stereocenters. The first kappa shape index (κ1) is 14.6. The molecule has 0 aliphatic heterocycles. The van der Waals surface area contributed by atoms with Crippen molar-refractivity contribution in [3.05, 3.63) is 11.6 Å². The molecule has 18 heavy (non-hydrogen) atoms. The molecule has 0 bridgehead atoms. The fraction of sp³-hybridized carbons (Fsp3) is 0.750. The molecule has 6 heteroatoms. The van der Waals surface area contributed by atoms with Crippen LogP contribution < -0.4 is 5.32 Å². The molecule has 1 amide bonds. The number of carbonyl (C=O) groups is 1. The zero-order valence-electron chi connectivity index (χ0n) is 11.4. The highest BCUT2D eigenvalue weighted by Crippen LogP contribution is 2.13. The van der Waals surface area contributed by atoms with Crippen molar-refractivity contribution in [1.29, 1.82) is 0 Å². The Labute approximate surface area is 107 Å². The van der Waals surface area contributed by atoms with Crippen LogP contribution in [0.2, 0.25) is 0 Å². The topological polar surface area (TPSA) is 90.9 Å². The Kier molecular flexibility index (Phi) is 4.84. The van der Waals surface area contributed by atoms with Gasteiger partial charge < -0.3 is 10.4 Å². The number of hydrogen-bond donors (Lipinski definition) is 3. The zero-order valence-corrected chi connectivity index (χ0v) is 11.4. The van der Waals surface area contributed by atoms with Crippen molar-refractivity contribution in [2.24, 2.45) is 0 Å². The van der Waals surface area contributed by atoms with Crippen LogP contribution in [0.5, 0.6) is 0 Å². The highest BCUT2D eigenvalue weighted by molar-refractivity contribution is 5.90. The minimum atomic E-state index is -0.854. The number of aromatic amines is 1. The second kappa shape index (κ2) is 5.95. The molecule has 1 aromatic rings. The molecule has 3 N–H and O–H groups in total. The summed E-state index contributed by atoms with van der Waals surface area (Å²) in [7, 11) is 0. The predicted molar refractivity (Wildman–Crippen MR) is 68.3 cm³/mol. The molecule has 6 nitrogen and oxygen atoms in total. The van der Waals surface area contributed by atoms with Gasteiger partial charge in [0.1, 0.15) is 5.82 Å². The van der Waals surface area contributed by atoms with E-state index in [-0.39, 0.29) is 24.2 Å². The van der Waals surface area contributed by atoms with E-state index in [2.05, 4.69) is 20.5 Å².